The number of hydrogen-bond acceptors (Lipinski definition) is 0. The molecule has 90 valence electrons. The van der Waals surface area contributed by atoms with Crippen LogP contribution in [-0.4, -0.2) is 0 Å². The summed E-state index contributed by atoms with van der Waals surface area (Å²) in [5.74, 6) is 0. The summed E-state index contributed by atoms with van der Waals surface area (Å²) in [5.41, 5.74) is 3.07. The standard InChI is InChI=1S/C10H14.2C2H6.CH4/c1-3-4-7-10-8-5-6-9(10)2;2*1-2;/h3-4,7H,1,5-6,8H2,2H3;2*1-2H3;1H4/b7-4-;;;. The Morgan fingerprint density at radius 2 is 1.60 bits per heavy atom. The van der Waals surface area contributed by atoms with E-state index in [9.17, 15) is 0 Å². The maximum Gasteiger partial charge on any atom is -0.0276 e. The van der Waals surface area contributed by atoms with Crippen molar-refractivity contribution in [3.63, 3.8) is 0 Å². The first-order chi connectivity index (χ1) is 6.84. The lowest BCUT2D eigenvalue weighted by Gasteiger charge is -1.91. The van der Waals surface area contributed by atoms with Gasteiger partial charge in [0.05, 0.1) is 0 Å². The minimum absolute atomic E-state index is 0. The maximum absolute atomic E-state index is 3.64. The number of hydrogen-bond donors (Lipinski definition) is 0. The predicted octanol–water partition coefficient (Wildman–Crippen LogP) is 5.92. The quantitative estimate of drug-likeness (QED) is 0.496. The minimum Gasteiger partial charge on any atom is -0.0991 e. The van der Waals surface area contributed by atoms with Gasteiger partial charge in [0.25, 0.3) is 0 Å². The van der Waals surface area contributed by atoms with Crippen LogP contribution in [0.1, 0.15) is 61.3 Å². The molecule has 0 N–H and O–H groups in total. The molecular weight excluding hydrogens is 180 g/mol. The third kappa shape index (κ3) is 9.52. The molecule has 0 bridgehead atoms. The Balaban J connectivity index is -0.000000258. The lowest BCUT2D eigenvalue weighted by atomic mass is 10.1. The van der Waals surface area contributed by atoms with Crippen LogP contribution in [0.25, 0.3) is 0 Å². The third-order valence-electron chi connectivity index (χ3n) is 1.98. The fourth-order valence-corrected chi connectivity index (χ4v) is 1.33. The largest absolute Gasteiger partial charge is 0.0991 e. The van der Waals surface area contributed by atoms with Crippen molar-refractivity contribution in [1.82, 2.24) is 0 Å². The summed E-state index contributed by atoms with van der Waals surface area (Å²) in [4.78, 5) is 0. The van der Waals surface area contributed by atoms with Gasteiger partial charge in [0.1, 0.15) is 0 Å². The molecule has 0 aromatic rings. The van der Waals surface area contributed by atoms with E-state index in [1.807, 2.05) is 39.8 Å². The molecule has 15 heavy (non-hydrogen) atoms. The molecule has 0 unspecified atom stereocenters. The van der Waals surface area contributed by atoms with Crippen LogP contribution in [0.2, 0.25) is 0 Å². The van der Waals surface area contributed by atoms with Gasteiger partial charge in [-0.15, -0.1) is 0 Å². The zero-order chi connectivity index (χ0) is 11.4. The molecule has 0 spiro atoms. The van der Waals surface area contributed by atoms with Crippen molar-refractivity contribution in [2.75, 3.05) is 0 Å². The Labute approximate surface area is 97.8 Å². The van der Waals surface area contributed by atoms with E-state index in [4.69, 9.17) is 0 Å². The highest BCUT2D eigenvalue weighted by Gasteiger charge is 2.06. The van der Waals surface area contributed by atoms with Crippen LogP contribution in [0.5, 0.6) is 0 Å². The molecule has 0 saturated carbocycles. The van der Waals surface area contributed by atoms with Gasteiger partial charge in [0.15, 0.2) is 0 Å². The van der Waals surface area contributed by atoms with Crippen molar-refractivity contribution >= 4 is 0 Å². The first-order valence-corrected chi connectivity index (χ1v) is 5.82. The van der Waals surface area contributed by atoms with Crippen LogP contribution in [0.4, 0.5) is 0 Å². The molecule has 1 rings (SSSR count). The van der Waals surface area contributed by atoms with Gasteiger partial charge in [-0.05, 0) is 31.8 Å². The fraction of sp³-hybridized carbons (Fsp3) is 0.600. The van der Waals surface area contributed by atoms with Crippen LogP contribution in [-0.2, 0) is 0 Å². The molecule has 0 heteroatoms. The van der Waals surface area contributed by atoms with Gasteiger partial charge in [-0.3, -0.25) is 0 Å². The monoisotopic (exact) mass is 210 g/mol. The first-order valence-electron chi connectivity index (χ1n) is 5.82. The van der Waals surface area contributed by atoms with Crippen LogP contribution in [0, 0.1) is 0 Å². The van der Waals surface area contributed by atoms with Crippen LogP contribution >= 0.6 is 0 Å². The van der Waals surface area contributed by atoms with E-state index < -0.39 is 0 Å². The molecule has 0 radical (unpaired) electrons. The molecule has 0 aromatic heterocycles. The van der Waals surface area contributed by atoms with Gasteiger partial charge in [-0.1, -0.05) is 65.5 Å². The first kappa shape index (κ1) is 19.7. The zero-order valence-electron chi connectivity index (χ0n) is 10.6. The third-order valence-corrected chi connectivity index (χ3v) is 1.98. The Bertz CT molecular complexity index is 182. The summed E-state index contributed by atoms with van der Waals surface area (Å²) in [7, 11) is 0. The maximum atomic E-state index is 3.64. The lowest BCUT2D eigenvalue weighted by molar-refractivity contribution is 0.899. The number of rotatable bonds is 2. The molecule has 0 saturated heterocycles. The molecule has 0 aromatic carbocycles. The summed E-state index contributed by atoms with van der Waals surface area (Å²) >= 11 is 0. The molecule has 0 atom stereocenters. The van der Waals surface area contributed by atoms with Gasteiger partial charge >= 0.3 is 0 Å². The fourth-order valence-electron chi connectivity index (χ4n) is 1.33. The van der Waals surface area contributed by atoms with Crippen molar-refractivity contribution in [3.05, 3.63) is 36.0 Å². The summed E-state index contributed by atoms with van der Waals surface area (Å²) in [6.07, 6.45) is 9.91. The average molecular weight is 210 g/mol. The molecule has 0 aliphatic heterocycles. The number of allylic oxidation sites excluding steroid dienone is 5. The van der Waals surface area contributed by atoms with Crippen molar-refractivity contribution in [2.45, 2.75) is 61.3 Å². The molecule has 1 aliphatic carbocycles. The molecular formula is C15H30. The second-order valence-corrected chi connectivity index (χ2v) is 2.75. The van der Waals surface area contributed by atoms with E-state index in [1.54, 1.807) is 5.57 Å². The van der Waals surface area contributed by atoms with Crippen molar-refractivity contribution < 1.29 is 0 Å². The SMILES string of the molecule is C.C=C/C=C\C1=C(C)CCC1.CC.CC. The molecule has 0 fully saturated rings. The zero-order valence-corrected chi connectivity index (χ0v) is 10.6. The van der Waals surface area contributed by atoms with Gasteiger partial charge < -0.3 is 0 Å². The van der Waals surface area contributed by atoms with E-state index in [0.717, 1.165) is 0 Å². The van der Waals surface area contributed by atoms with E-state index in [1.165, 1.54) is 24.8 Å². The van der Waals surface area contributed by atoms with Gasteiger partial charge in [-0.2, -0.15) is 0 Å². The van der Waals surface area contributed by atoms with Crippen LogP contribution < -0.4 is 0 Å². The Kier molecular flexibility index (Phi) is 20.6. The summed E-state index contributed by atoms with van der Waals surface area (Å²) < 4.78 is 0. The summed E-state index contributed by atoms with van der Waals surface area (Å²) in [6.45, 7) is 13.9. The Hall–Kier alpha value is -0.780. The van der Waals surface area contributed by atoms with E-state index in [-0.39, 0.29) is 7.43 Å². The molecule has 0 amide bonds. The van der Waals surface area contributed by atoms with Crippen molar-refractivity contribution in [3.8, 4) is 0 Å². The Morgan fingerprint density at radius 1 is 1.07 bits per heavy atom. The molecule has 0 heterocycles. The second-order valence-electron chi connectivity index (χ2n) is 2.75. The molecule has 1 aliphatic rings. The normalized spacial score (nSPS) is 13.4. The summed E-state index contributed by atoms with van der Waals surface area (Å²) in [5, 5.41) is 0. The van der Waals surface area contributed by atoms with Gasteiger partial charge in [0.2, 0.25) is 0 Å². The van der Waals surface area contributed by atoms with Gasteiger partial charge in [0, 0.05) is 0 Å². The Morgan fingerprint density at radius 3 is 1.93 bits per heavy atom. The van der Waals surface area contributed by atoms with Gasteiger partial charge in [-0.25, -0.2) is 0 Å². The van der Waals surface area contributed by atoms with Crippen molar-refractivity contribution in [2.24, 2.45) is 0 Å². The van der Waals surface area contributed by atoms with Crippen LogP contribution in [0.15, 0.2) is 36.0 Å². The highest BCUT2D eigenvalue weighted by Crippen LogP contribution is 2.25. The molecule has 0 nitrogen and oxygen atoms in total. The average Bonchev–Trinajstić information content (AvgIpc) is 2.67. The lowest BCUT2D eigenvalue weighted by Crippen LogP contribution is -1.71. The second kappa shape index (κ2) is 15.7. The van der Waals surface area contributed by atoms with E-state index in [0.29, 0.717) is 0 Å². The highest BCUT2D eigenvalue weighted by molar-refractivity contribution is 5.29. The van der Waals surface area contributed by atoms with E-state index >= 15 is 0 Å². The van der Waals surface area contributed by atoms with Crippen LogP contribution in [0.3, 0.4) is 0 Å². The predicted molar refractivity (Wildman–Crippen MR) is 75.3 cm³/mol. The van der Waals surface area contributed by atoms with Crippen molar-refractivity contribution in [1.29, 1.82) is 0 Å². The minimum atomic E-state index is 0. The summed E-state index contributed by atoms with van der Waals surface area (Å²) in [6, 6.07) is 0. The topological polar surface area (TPSA) is 0 Å². The smallest absolute Gasteiger partial charge is 0.0276 e. The van der Waals surface area contributed by atoms with E-state index in [2.05, 4.69) is 19.6 Å². The highest BCUT2D eigenvalue weighted by atomic mass is 14.1.